The molecule has 3 rings (SSSR count). The van der Waals surface area contributed by atoms with Crippen molar-refractivity contribution in [2.45, 2.75) is 6.92 Å². The van der Waals surface area contributed by atoms with Crippen LogP contribution in [0.3, 0.4) is 0 Å². The summed E-state index contributed by atoms with van der Waals surface area (Å²) in [6.07, 6.45) is 0. The van der Waals surface area contributed by atoms with Crippen molar-refractivity contribution in [1.82, 2.24) is 9.97 Å². The largest absolute Gasteiger partial charge is 0.497 e. The lowest BCUT2D eigenvalue weighted by atomic mass is 10.2. The predicted octanol–water partition coefficient (Wildman–Crippen LogP) is 4.33. The fraction of sp³-hybridized carbons (Fsp3) is 0.143. The molecule has 0 saturated heterocycles. The molecule has 0 amide bonds. The summed E-state index contributed by atoms with van der Waals surface area (Å²) >= 11 is 7.84. The van der Waals surface area contributed by atoms with Crippen molar-refractivity contribution in [3.8, 4) is 17.1 Å². The van der Waals surface area contributed by atoms with Crippen LogP contribution in [0.5, 0.6) is 5.75 Å². The van der Waals surface area contributed by atoms with Gasteiger partial charge in [-0.2, -0.15) is 0 Å². The molecule has 3 aromatic rings. The maximum atomic E-state index is 6.21. The fourth-order valence-electron chi connectivity index (χ4n) is 1.88. The van der Waals surface area contributed by atoms with Crippen molar-refractivity contribution in [2.24, 2.45) is 0 Å². The molecule has 1 aromatic carbocycles. The second-order valence-corrected chi connectivity index (χ2v) is 5.74. The number of ether oxygens (including phenoxy) is 1. The Morgan fingerprint density at radius 3 is 2.58 bits per heavy atom. The lowest BCUT2D eigenvalue weighted by Crippen LogP contribution is -1.90. The Hall–Kier alpha value is -1.65. The van der Waals surface area contributed by atoms with Gasteiger partial charge in [-0.1, -0.05) is 11.6 Å². The van der Waals surface area contributed by atoms with E-state index < -0.39 is 0 Å². The van der Waals surface area contributed by atoms with E-state index in [4.69, 9.17) is 16.3 Å². The molecule has 0 radical (unpaired) electrons. The molecule has 2 aromatic heterocycles. The zero-order chi connectivity index (χ0) is 13.4. The van der Waals surface area contributed by atoms with Gasteiger partial charge < -0.3 is 4.74 Å². The molecule has 5 heteroatoms. The molecule has 0 fully saturated rings. The number of aryl methyl sites for hydroxylation is 1. The number of hydrogen-bond acceptors (Lipinski definition) is 4. The van der Waals surface area contributed by atoms with Gasteiger partial charge in [-0.3, -0.25) is 0 Å². The number of methoxy groups -OCH3 is 1. The van der Waals surface area contributed by atoms with Crippen LogP contribution >= 0.6 is 22.9 Å². The van der Waals surface area contributed by atoms with Gasteiger partial charge in [-0.25, -0.2) is 9.97 Å². The second kappa shape index (κ2) is 4.79. The Bertz CT molecular complexity index is 737. The van der Waals surface area contributed by atoms with Crippen molar-refractivity contribution in [3.05, 3.63) is 40.4 Å². The minimum absolute atomic E-state index is 0.500. The zero-order valence-corrected chi connectivity index (χ0v) is 12.0. The van der Waals surface area contributed by atoms with E-state index in [1.54, 1.807) is 18.4 Å². The van der Waals surface area contributed by atoms with Gasteiger partial charge in [0.2, 0.25) is 0 Å². The lowest BCUT2D eigenvalue weighted by molar-refractivity contribution is 0.415. The number of benzene rings is 1. The summed E-state index contributed by atoms with van der Waals surface area (Å²) in [7, 11) is 1.64. The van der Waals surface area contributed by atoms with Crippen molar-refractivity contribution < 1.29 is 4.74 Å². The number of hydrogen-bond donors (Lipinski definition) is 0. The smallest absolute Gasteiger partial charge is 0.162 e. The fourth-order valence-corrected chi connectivity index (χ4v) is 3.04. The predicted molar refractivity (Wildman–Crippen MR) is 79.2 cm³/mol. The molecule has 0 N–H and O–H groups in total. The maximum Gasteiger partial charge on any atom is 0.162 e. The monoisotopic (exact) mass is 290 g/mol. The molecule has 0 spiro atoms. The molecule has 2 heterocycles. The van der Waals surface area contributed by atoms with Gasteiger partial charge >= 0.3 is 0 Å². The summed E-state index contributed by atoms with van der Waals surface area (Å²) in [6, 6.07) is 9.64. The average Bonchev–Trinajstić information content (AvgIpc) is 2.80. The Kier molecular flexibility index (Phi) is 3.12. The minimum atomic E-state index is 0.500. The highest BCUT2D eigenvalue weighted by Crippen LogP contribution is 2.31. The molecule has 96 valence electrons. The number of aromatic nitrogens is 2. The van der Waals surface area contributed by atoms with Crippen molar-refractivity contribution in [1.29, 1.82) is 0 Å². The van der Waals surface area contributed by atoms with Crippen molar-refractivity contribution >= 4 is 33.2 Å². The van der Waals surface area contributed by atoms with E-state index >= 15 is 0 Å². The van der Waals surface area contributed by atoms with Crippen LogP contribution in [0, 0.1) is 6.92 Å². The van der Waals surface area contributed by atoms with Crippen LogP contribution in [0.2, 0.25) is 5.15 Å². The molecule has 19 heavy (non-hydrogen) atoms. The summed E-state index contributed by atoms with van der Waals surface area (Å²) in [5, 5.41) is 1.42. The Morgan fingerprint density at radius 1 is 1.16 bits per heavy atom. The van der Waals surface area contributed by atoms with Crippen molar-refractivity contribution in [2.75, 3.05) is 7.11 Å². The number of thiophene rings is 1. The second-order valence-electron chi connectivity index (χ2n) is 4.14. The molecule has 0 bridgehead atoms. The van der Waals surface area contributed by atoms with Gasteiger partial charge in [-0.05, 0) is 37.3 Å². The van der Waals surface area contributed by atoms with Gasteiger partial charge in [0.25, 0.3) is 0 Å². The van der Waals surface area contributed by atoms with Crippen LogP contribution in [-0.2, 0) is 0 Å². The topological polar surface area (TPSA) is 35.0 Å². The first-order chi connectivity index (χ1) is 9.17. The third kappa shape index (κ3) is 2.29. The summed E-state index contributed by atoms with van der Waals surface area (Å²) in [5.74, 6) is 1.45. The SMILES string of the molecule is COc1ccc(-c2nc(Cl)c3cc(C)sc3n2)cc1. The normalized spacial score (nSPS) is 10.9. The summed E-state index contributed by atoms with van der Waals surface area (Å²) < 4.78 is 5.14. The first-order valence-corrected chi connectivity index (χ1v) is 6.95. The molecule has 3 nitrogen and oxygen atoms in total. The quantitative estimate of drug-likeness (QED) is 0.659. The molecule has 0 unspecified atom stereocenters. The average molecular weight is 291 g/mol. The number of nitrogens with zero attached hydrogens (tertiary/aromatic N) is 2. The maximum absolute atomic E-state index is 6.21. The Labute approximate surface area is 119 Å². The molecular weight excluding hydrogens is 280 g/mol. The van der Waals surface area contributed by atoms with Gasteiger partial charge in [0, 0.05) is 15.8 Å². The molecule has 0 aliphatic carbocycles. The van der Waals surface area contributed by atoms with E-state index in [9.17, 15) is 0 Å². The van der Waals surface area contributed by atoms with Crippen LogP contribution in [0.1, 0.15) is 4.88 Å². The summed E-state index contributed by atoms with van der Waals surface area (Å²) in [4.78, 5) is 11.0. The zero-order valence-electron chi connectivity index (χ0n) is 10.5. The minimum Gasteiger partial charge on any atom is -0.497 e. The molecule has 0 saturated carbocycles. The van der Waals surface area contributed by atoms with E-state index in [0.29, 0.717) is 11.0 Å². The van der Waals surface area contributed by atoms with Crippen LogP contribution in [0.15, 0.2) is 30.3 Å². The molecule has 0 aliphatic heterocycles. The third-order valence-electron chi connectivity index (χ3n) is 2.82. The first-order valence-electron chi connectivity index (χ1n) is 5.75. The van der Waals surface area contributed by atoms with Crippen LogP contribution in [0.4, 0.5) is 0 Å². The van der Waals surface area contributed by atoms with Crippen LogP contribution in [-0.4, -0.2) is 17.1 Å². The van der Waals surface area contributed by atoms with E-state index in [0.717, 1.165) is 21.5 Å². The Balaban J connectivity index is 2.13. The van der Waals surface area contributed by atoms with Gasteiger partial charge in [0.15, 0.2) is 5.82 Å². The summed E-state index contributed by atoms with van der Waals surface area (Å²) in [5.41, 5.74) is 0.927. The van der Waals surface area contributed by atoms with Gasteiger partial charge in [-0.15, -0.1) is 11.3 Å². The number of halogens is 1. The van der Waals surface area contributed by atoms with E-state index in [1.807, 2.05) is 37.3 Å². The van der Waals surface area contributed by atoms with Gasteiger partial charge in [0.05, 0.1) is 7.11 Å². The van der Waals surface area contributed by atoms with Gasteiger partial charge in [0.1, 0.15) is 15.7 Å². The Morgan fingerprint density at radius 2 is 1.89 bits per heavy atom. The lowest BCUT2D eigenvalue weighted by Gasteiger charge is -2.03. The molecule has 0 atom stereocenters. The highest BCUT2D eigenvalue weighted by Gasteiger charge is 2.10. The van der Waals surface area contributed by atoms with Crippen LogP contribution in [0.25, 0.3) is 21.6 Å². The van der Waals surface area contributed by atoms with Crippen LogP contribution < -0.4 is 4.74 Å². The van der Waals surface area contributed by atoms with Crippen molar-refractivity contribution in [3.63, 3.8) is 0 Å². The number of rotatable bonds is 2. The first kappa shape index (κ1) is 12.4. The highest BCUT2D eigenvalue weighted by atomic mass is 35.5. The molecule has 0 aliphatic rings. The van der Waals surface area contributed by atoms with E-state index in [-0.39, 0.29) is 0 Å². The standard InChI is InChI=1S/C14H11ClN2OS/c1-8-7-11-12(15)16-13(17-14(11)19-8)9-3-5-10(18-2)6-4-9/h3-7H,1-2H3. The molecular formula is C14H11ClN2OS. The third-order valence-corrected chi connectivity index (χ3v) is 4.05. The van der Waals surface area contributed by atoms with E-state index in [1.165, 1.54) is 4.88 Å². The highest BCUT2D eigenvalue weighted by molar-refractivity contribution is 7.18. The van der Waals surface area contributed by atoms with E-state index in [2.05, 4.69) is 9.97 Å². The summed E-state index contributed by atoms with van der Waals surface area (Å²) in [6.45, 7) is 2.04. The number of fused-ring (bicyclic) bond motifs is 1.